The van der Waals surface area contributed by atoms with Gasteiger partial charge in [-0.1, -0.05) is 144 Å². The van der Waals surface area contributed by atoms with Crippen molar-refractivity contribution in [2.45, 2.75) is 155 Å². The van der Waals surface area contributed by atoms with Crippen molar-refractivity contribution in [3.63, 3.8) is 0 Å². The van der Waals surface area contributed by atoms with Crippen molar-refractivity contribution < 1.29 is 28.6 Å². The highest BCUT2D eigenvalue weighted by Gasteiger charge is 2.19. The van der Waals surface area contributed by atoms with Crippen molar-refractivity contribution >= 4 is 17.9 Å². The molecule has 0 spiro atoms. The van der Waals surface area contributed by atoms with Crippen LogP contribution >= 0.6 is 0 Å². The first-order chi connectivity index (χ1) is 25.0. The topological polar surface area (TPSA) is 78.9 Å². The van der Waals surface area contributed by atoms with Crippen molar-refractivity contribution in [1.82, 2.24) is 0 Å². The molecule has 0 fully saturated rings. The average molecular weight is 707 g/mol. The maximum absolute atomic E-state index is 12.6. The van der Waals surface area contributed by atoms with Crippen LogP contribution in [0.3, 0.4) is 0 Å². The summed E-state index contributed by atoms with van der Waals surface area (Å²) >= 11 is 0. The molecule has 0 saturated heterocycles. The summed E-state index contributed by atoms with van der Waals surface area (Å²) in [6.07, 6.45) is 50.1. The van der Waals surface area contributed by atoms with Gasteiger partial charge in [0.05, 0.1) is 0 Å². The third kappa shape index (κ3) is 37.4. The second-order valence-electron chi connectivity index (χ2n) is 12.4. The molecule has 0 aromatic rings. The van der Waals surface area contributed by atoms with Gasteiger partial charge in [-0.3, -0.25) is 14.4 Å². The molecular weight excluding hydrogens is 636 g/mol. The lowest BCUT2D eigenvalue weighted by molar-refractivity contribution is -0.166. The monoisotopic (exact) mass is 707 g/mol. The lowest BCUT2D eigenvalue weighted by atomic mass is 10.1. The number of ether oxygens (including phenoxy) is 3. The maximum atomic E-state index is 12.6. The smallest absolute Gasteiger partial charge is 0.306 e. The van der Waals surface area contributed by atoms with E-state index in [9.17, 15) is 14.4 Å². The first-order valence-corrected chi connectivity index (χ1v) is 19.7. The predicted octanol–water partition coefficient (Wildman–Crippen LogP) is 12.3. The van der Waals surface area contributed by atoms with E-state index in [0.29, 0.717) is 19.3 Å². The van der Waals surface area contributed by atoms with Gasteiger partial charge in [-0.2, -0.15) is 0 Å². The molecule has 1 unspecified atom stereocenters. The Morgan fingerprint density at radius 1 is 0.412 bits per heavy atom. The zero-order valence-corrected chi connectivity index (χ0v) is 32.3. The van der Waals surface area contributed by atoms with E-state index >= 15 is 0 Å². The Kier molecular flexibility index (Phi) is 36.3. The van der Waals surface area contributed by atoms with Crippen LogP contribution in [-0.2, 0) is 28.6 Å². The molecule has 0 N–H and O–H groups in total. The number of carbonyl (C=O) groups is 3. The molecule has 0 bridgehead atoms. The first kappa shape index (κ1) is 47.3. The van der Waals surface area contributed by atoms with Crippen molar-refractivity contribution in [1.29, 1.82) is 0 Å². The molecular formula is C45H70O6. The van der Waals surface area contributed by atoms with Gasteiger partial charge < -0.3 is 14.2 Å². The highest BCUT2D eigenvalue weighted by molar-refractivity contribution is 5.71. The van der Waals surface area contributed by atoms with Gasteiger partial charge in [-0.15, -0.1) is 0 Å². The van der Waals surface area contributed by atoms with E-state index in [2.05, 4.69) is 106 Å². The fourth-order valence-corrected chi connectivity index (χ4v) is 4.68. The third-order valence-corrected chi connectivity index (χ3v) is 7.60. The Morgan fingerprint density at radius 3 is 1.25 bits per heavy atom. The molecule has 0 amide bonds. The molecule has 0 radical (unpaired) electrons. The highest BCUT2D eigenvalue weighted by Crippen LogP contribution is 2.09. The largest absolute Gasteiger partial charge is 0.462 e. The van der Waals surface area contributed by atoms with Crippen molar-refractivity contribution in [2.75, 3.05) is 13.2 Å². The summed E-state index contributed by atoms with van der Waals surface area (Å²) in [7, 11) is 0. The summed E-state index contributed by atoms with van der Waals surface area (Å²) in [6.45, 7) is 6.17. The predicted molar refractivity (Wildman–Crippen MR) is 214 cm³/mol. The summed E-state index contributed by atoms with van der Waals surface area (Å²) in [5, 5.41) is 0. The van der Waals surface area contributed by atoms with Crippen LogP contribution in [0, 0.1) is 0 Å². The van der Waals surface area contributed by atoms with Gasteiger partial charge in [-0.05, 0) is 83.5 Å². The van der Waals surface area contributed by atoms with Crippen LogP contribution < -0.4 is 0 Å². The fourth-order valence-electron chi connectivity index (χ4n) is 4.68. The second kappa shape index (κ2) is 39.1. The van der Waals surface area contributed by atoms with E-state index in [4.69, 9.17) is 14.2 Å². The zero-order chi connectivity index (χ0) is 37.3. The zero-order valence-electron chi connectivity index (χ0n) is 32.3. The summed E-state index contributed by atoms with van der Waals surface area (Å²) in [5.74, 6) is -1.08. The first-order valence-electron chi connectivity index (χ1n) is 19.7. The highest BCUT2D eigenvalue weighted by atomic mass is 16.6. The van der Waals surface area contributed by atoms with Crippen molar-refractivity contribution in [3.8, 4) is 0 Å². The van der Waals surface area contributed by atoms with Crippen LogP contribution in [0.25, 0.3) is 0 Å². The summed E-state index contributed by atoms with van der Waals surface area (Å²) < 4.78 is 16.4. The number of carbonyl (C=O) groups excluding carboxylic acids is 3. The molecule has 0 aliphatic rings. The lowest BCUT2D eigenvalue weighted by Crippen LogP contribution is -2.30. The van der Waals surface area contributed by atoms with Crippen molar-refractivity contribution in [2.24, 2.45) is 0 Å². The molecule has 51 heavy (non-hydrogen) atoms. The summed E-state index contributed by atoms with van der Waals surface area (Å²) in [4.78, 5) is 37.3. The van der Waals surface area contributed by atoms with Crippen LogP contribution in [0.15, 0.2) is 97.2 Å². The average Bonchev–Trinajstić information content (AvgIpc) is 3.12. The normalized spacial score (nSPS) is 13.1. The van der Waals surface area contributed by atoms with Crippen LogP contribution in [0.1, 0.15) is 149 Å². The Labute approximate surface area is 311 Å². The number of rotatable bonds is 33. The van der Waals surface area contributed by atoms with E-state index in [1.165, 1.54) is 0 Å². The summed E-state index contributed by atoms with van der Waals surface area (Å²) in [5.41, 5.74) is 0. The van der Waals surface area contributed by atoms with E-state index in [1.54, 1.807) is 0 Å². The van der Waals surface area contributed by atoms with Gasteiger partial charge in [0.15, 0.2) is 6.10 Å². The molecule has 6 nitrogen and oxygen atoms in total. The third-order valence-electron chi connectivity index (χ3n) is 7.60. The number of hydrogen-bond acceptors (Lipinski definition) is 6. The SMILES string of the molecule is CC/C=C\C/C=C\C/C=C\C/C=C\CCCCC(=O)OCC(COC(=O)CCCCCCC)OC(=O)CC/C=C\C/C=C\C/C=C\C/C=C\CC. The van der Waals surface area contributed by atoms with Crippen LogP contribution in [0.2, 0.25) is 0 Å². The van der Waals surface area contributed by atoms with E-state index < -0.39 is 12.1 Å². The minimum atomic E-state index is -0.827. The molecule has 286 valence electrons. The number of allylic oxidation sites excluding steroid dienone is 16. The van der Waals surface area contributed by atoms with Gasteiger partial charge in [0.1, 0.15) is 13.2 Å². The minimum absolute atomic E-state index is 0.122. The molecule has 0 aliphatic carbocycles. The Morgan fingerprint density at radius 2 is 0.804 bits per heavy atom. The van der Waals surface area contributed by atoms with Gasteiger partial charge in [0, 0.05) is 19.3 Å². The van der Waals surface area contributed by atoms with Gasteiger partial charge in [-0.25, -0.2) is 0 Å². The van der Waals surface area contributed by atoms with E-state index in [0.717, 1.165) is 96.3 Å². The van der Waals surface area contributed by atoms with Crippen LogP contribution in [0.5, 0.6) is 0 Å². The van der Waals surface area contributed by atoms with Gasteiger partial charge in [0.25, 0.3) is 0 Å². The summed E-state index contributed by atoms with van der Waals surface area (Å²) in [6, 6.07) is 0. The Hall–Kier alpha value is -3.67. The molecule has 0 aliphatic heterocycles. The maximum Gasteiger partial charge on any atom is 0.306 e. The van der Waals surface area contributed by atoms with Gasteiger partial charge in [0.2, 0.25) is 0 Å². The van der Waals surface area contributed by atoms with E-state index in [1.807, 2.05) is 12.2 Å². The van der Waals surface area contributed by atoms with Crippen LogP contribution in [-0.4, -0.2) is 37.2 Å². The Balaban J connectivity index is 4.49. The molecule has 0 aromatic heterocycles. The molecule has 0 aromatic carbocycles. The standard InChI is InChI=1S/C45H70O6/c1-4-7-10-13-15-17-19-21-22-24-25-27-29-32-35-38-44(47)50-41-42(40-49-43(46)37-34-31-12-9-6-3)51-45(48)39-36-33-30-28-26-23-20-18-16-14-11-8-5-2/h7-8,10-11,15-18,21-23,25-27,30,33,42H,4-6,9,12-14,19-20,24,28-29,31-32,34-41H2,1-3H3/b10-7-,11-8-,17-15-,18-16-,22-21-,26-23-,27-25-,33-30-. The molecule has 1 atom stereocenters. The fraction of sp³-hybridized carbons (Fsp3) is 0.578. The van der Waals surface area contributed by atoms with Crippen molar-refractivity contribution in [3.05, 3.63) is 97.2 Å². The molecule has 6 heteroatoms. The molecule has 0 saturated carbocycles. The number of unbranched alkanes of at least 4 members (excludes halogenated alkanes) is 6. The molecule has 0 heterocycles. The Bertz CT molecular complexity index is 1090. The van der Waals surface area contributed by atoms with E-state index in [-0.39, 0.29) is 38.0 Å². The second-order valence-corrected chi connectivity index (χ2v) is 12.4. The minimum Gasteiger partial charge on any atom is -0.462 e. The number of hydrogen-bond donors (Lipinski definition) is 0. The molecule has 0 rings (SSSR count). The van der Waals surface area contributed by atoms with Crippen LogP contribution in [0.4, 0.5) is 0 Å². The lowest BCUT2D eigenvalue weighted by Gasteiger charge is -2.18. The van der Waals surface area contributed by atoms with Gasteiger partial charge >= 0.3 is 17.9 Å². The quantitative estimate of drug-likeness (QED) is 0.0292. The number of esters is 3.